The second-order valence-corrected chi connectivity index (χ2v) is 7.31. The number of piperidine rings is 1. The van der Waals surface area contributed by atoms with Crippen molar-refractivity contribution in [1.82, 2.24) is 9.97 Å². The van der Waals surface area contributed by atoms with Crippen molar-refractivity contribution in [3.8, 4) is 11.5 Å². The van der Waals surface area contributed by atoms with E-state index in [2.05, 4.69) is 34.3 Å². The Kier molecular flexibility index (Phi) is 6.95. The van der Waals surface area contributed by atoms with Crippen LogP contribution in [0.15, 0.2) is 24.3 Å². The topological polar surface area (TPSA) is 59.5 Å². The average molecular weight is 385 g/mol. The van der Waals surface area contributed by atoms with Crippen LogP contribution in [0.1, 0.15) is 43.9 Å². The van der Waals surface area contributed by atoms with E-state index in [1.54, 1.807) is 14.2 Å². The van der Waals surface area contributed by atoms with E-state index in [9.17, 15) is 0 Å². The second kappa shape index (κ2) is 9.62. The molecule has 1 saturated heterocycles. The number of aryl methyl sites for hydroxylation is 1. The predicted octanol–water partition coefficient (Wildman–Crippen LogP) is 4.23. The molecular weight excluding hydrogens is 352 g/mol. The quantitative estimate of drug-likeness (QED) is 0.735. The normalized spacial score (nSPS) is 16.7. The van der Waals surface area contributed by atoms with Gasteiger partial charge in [-0.1, -0.05) is 13.0 Å². The first-order valence-electron chi connectivity index (χ1n) is 10.2. The minimum Gasteiger partial charge on any atom is -0.493 e. The Balaban J connectivity index is 1.65. The maximum absolute atomic E-state index is 5.39. The molecule has 1 atom stereocenters. The molecule has 0 amide bonds. The fourth-order valence-corrected chi connectivity index (χ4v) is 3.86. The molecular formula is C22H32N4O2. The van der Waals surface area contributed by atoms with E-state index < -0.39 is 0 Å². The van der Waals surface area contributed by atoms with Gasteiger partial charge in [0.25, 0.3) is 0 Å². The molecule has 1 aliphatic rings. The Morgan fingerprint density at radius 1 is 1.11 bits per heavy atom. The van der Waals surface area contributed by atoms with Crippen LogP contribution in [0.2, 0.25) is 0 Å². The SMILES string of the molecule is CCC1CCCCN1c1cc(C)nc(NCCc2ccc(OC)c(OC)c2)n1. The Bertz CT molecular complexity index is 781. The van der Waals surface area contributed by atoms with Crippen molar-refractivity contribution in [1.29, 1.82) is 0 Å². The molecule has 0 bridgehead atoms. The molecule has 1 fully saturated rings. The minimum atomic E-state index is 0.586. The standard InChI is InChI=1S/C22H32N4O2/c1-5-18-8-6-7-13-26(18)21-14-16(2)24-22(25-21)23-12-11-17-9-10-19(27-3)20(15-17)28-4/h9-10,14-15,18H,5-8,11-13H2,1-4H3,(H,23,24,25). The van der Waals surface area contributed by atoms with Gasteiger partial charge in [0.15, 0.2) is 11.5 Å². The largest absolute Gasteiger partial charge is 0.493 e. The van der Waals surface area contributed by atoms with Crippen molar-refractivity contribution in [3.05, 3.63) is 35.5 Å². The summed E-state index contributed by atoms with van der Waals surface area (Å²) < 4.78 is 10.7. The van der Waals surface area contributed by atoms with Crippen LogP contribution < -0.4 is 19.7 Å². The Labute approximate surface area is 168 Å². The molecule has 2 aromatic rings. The maximum atomic E-state index is 5.39. The molecule has 2 heterocycles. The average Bonchev–Trinajstić information content (AvgIpc) is 2.73. The molecule has 1 aromatic carbocycles. The highest BCUT2D eigenvalue weighted by atomic mass is 16.5. The highest BCUT2D eigenvalue weighted by Gasteiger charge is 2.22. The van der Waals surface area contributed by atoms with Gasteiger partial charge < -0.3 is 19.7 Å². The number of nitrogens with zero attached hydrogens (tertiary/aromatic N) is 3. The van der Waals surface area contributed by atoms with E-state index in [1.807, 2.05) is 19.1 Å². The van der Waals surface area contributed by atoms with Gasteiger partial charge in [-0.05, 0) is 56.7 Å². The Morgan fingerprint density at radius 2 is 1.93 bits per heavy atom. The first-order chi connectivity index (χ1) is 13.6. The van der Waals surface area contributed by atoms with Crippen LogP contribution in [-0.4, -0.2) is 43.3 Å². The lowest BCUT2D eigenvalue weighted by atomic mass is 10.00. The molecule has 0 spiro atoms. The van der Waals surface area contributed by atoms with E-state index in [0.29, 0.717) is 12.0 Å². The van der Waals surface area contributed by atoms with Gasteiger partial charge in [0, 0.05) is 30.9 Å². The summed E-state index contributed by atoms with van der Waals surface area (Å²) in [6, 6.07) is 8.71. The first kappa shape index (κ1) is 20.2. The van der Waals surface area contributed by atoms with Crippen molar-refractivity contribution < 1.29 is 9.47 Å². The van der Waals surface area contributed by atoms with Crippen LogP contribution in [-0.2, 0) is 6.42 Å². The molecule has 0 aliphatic carbocycles. The van der Waals surface area contributed by atoms with Crippen molar-refractivity contribution in [2.24, 2.45) is 0 Å². The molecule has 6 heteroatoms. The summed E-state index contributed by atoms with van der Waals surface area (Å²) in [6.45, 7) is 6.14. The zero-order valence-corrected chi connectivity index (χ0v) is 17.5. The summed E-state index contributed by atoms with van der Waals surface area (Å²) in [5.74, 6) is 3.26. The van der Waals surface area contributed by atoms with Crippen LogP contribution >= 0.6 is 0 Å². The Hall–Kier alpha value is -2.50. The van der Waals surface area contributed by atoms with Crippen LogP contribution in [0.4, 0.5) is 11.8 Å². The smallest absolute Gasteiger partial charge is 0.224 e. The summed E-state index contributed by atoms with van der Waals surface area (Å²) in [5, 5.41) is 3.39. The lowest BCUT2D eigenvalue weighted by molar-refractivity contribution is 0.354. The number of hydrogen-bond donors (Lipinski definition) is 1. The van der Waals surface area contributed by atoms with Crippen molar-refractivity contribution >= 4 is 11.8 Å². The zero-order chi connectivity index (χ0) is 19.9. The first-order valence-corrected chi connectivity index (χ1v) is 10.2. The van der Waals surface area contributed by atoms with Gasteiger partial charge >= 0.3 is 0 Å². The minimum absolute atomic E-state index is 0.586. The van der Waals surface area contributed by atoms with Gasteiger partial charge in [0.1, 0.15) is 5.82 Å². The third-order valence-electron chi connectivity index (χ3n) is 5.38. The van der Waals surface area contributed by atoms with E-state index in [-0.39, 0.29) is 0 Å². The van der Waals surface area contributed by atoms with Crippen molar-refractivity contribution in [2.45, 2.75) is 52.0 Å². The fraction of sp³-hybridized carbons (Fsp3) is 0.545. The van der Waals surface area contributed by atoms with Gasteiger partial charge in [0.05, 0.1) is 14.2 Å². The third-order valence-corrected chi connectivity index (χ3v) is 5.38. The van der Waals surface area contributed by atoms with E-state index in [1.165, 1.54) is 24.8 Å². The summed E-state index contributed by atoms with van der Waals surface area (Å²) in [6.07, 6.45) is 5.82. The maximum Gasteiger partial charge on any atom is 0.224 e. The van der Waals surface area contributed by atoms with Crippen LogP contribution in [0.3, 0.4) is 0 Å². The van der Waals surface area contributed by atoms with E-state index in [0.717, 1.165) is 48.9 Å². The predicted molar refractivity (Wildman–Crippen MR) is 114 cm³/mol. The van der Waals surface area contributed by atoms with Crippen LogP contribution in [0.25, 0.3) is 0 Å². The second-order valence-electron chi connectivity index (χ2n) is 7.31. The van der Waals surface area contributed by atoms with Gasteiger partial charge in [-0.25, -0.2) is 4.98 Å². The lowest BCUT2D eigenvalue weighted by Gasteiger charge is -2.36. The fourth-order valence-electron chi connectivity index (χ4n) is 3.86. The molecule has 1 aromatic heterocycles. The number of rotatable bonds is 8. The van der Waals surface area contributed by atoms with Crippen molar-refractivity contribution in [2.75, 3.05) is 37.5 Å². The number of nitrogens with one attached hydrogen (secondary N) is 1. The van der Waals surface area contributed by atoms with Gasteiger partial charge in [-0.15, -0.1) is 0 Å². The summed E-state index contributed by atoms with van der Waals surface area (Å²) in [5.41, 5.74) is 2.18. The van der Waals surface area contributed by atoms with Crippen LogP contribution in [0, 0.1) is 6.92 Å². The van der Waals surface area contributed by atoms with Gasteiger partial charge in [-0.3, -0.25) is 0 Å². The third kappa shape index (κ3) is 4.86. The molecule has 0 saturated carbocycles. The molecule has 28 heavy (non-hydrogen) atoms. The highest BCUT2D eigenvalue weighted by molar-refractivity contribution is 5.46. The highest BCUT2D eigenvalue weighted by Crippen LogP contribution is 2.28. The van der Waals surface area contributed by atoms with E-state index in [4.69, 9.17) is 14.5 Å². The molecule has 1 unspecified atom stereocenters. The van der Waals surface area contributed by atoms with E-state index >= 15 is 0 Å². The molecule has 3 rings (SSSR count). The number of hydrogen-bond acceptors (Lipinski definition) is 6. The molecule has 1 aliphatic heterocycles. The van der Waals surface area contributed by atoms with Crippen molar-refractivity contribution in [3.63, 3.8) is 0 Å². The van der Waals surface area contributed by atoms with Crippen LogP contribution in [0.5, 0.6) is 11.5 Å². The summed E-state index contributed by atoms with van der Waals surface area (Å²) in [4.78, 5) is 11.8. The zero-order valence-electron chi connectivity index (χ0n) is 17.5. The summed E-state index contributed by atoms with van der Waals surface area (Å²) in [7, 11) is 3.31. The molecule has 152 valence electrons. The molecule has 1 N–H and O–H groups in total. The number of ether oxygens (including phenoxy) is 2. The summed E-state index contributed by atoms with van der Waals surface area (Å²) >= 11 is 0. The Morgan fingerprint density at radius 3 is 2.68 bits per heavy atom. The number of anilines is 2. The van der Waals surface area contributed by atoms with Gasteiger partial charge in [0.2, 0.25) is 5.95 Å². The molecule has 6 nitrogen and oxygen atoms in total. The number of benzene rings is 1. The lowest BCUT2D eigenvalue weighted by Crippen LogP contribution is -2.39. The number of methoxy groups -OCH3 is 2. The molecule has 0 radical (unpaired) electrons. The van der Waals surface area contributed by atoms with Gasteiger partial charge in [-0.2, -0.15) is 4.98 Å². The number of aromatic nitrogens is 2. The monoisotopic (exact) mass is 384 g/mol.